The summed E-state index contributed by atoms with van der Waals surface area (Å²) >= 11 is 6.20. The SMILES string of the molecule is CN1CCN(c2ccc(Nc3ncc(Cl)c(NCc4ccco4)n3)cc2)CC1. The van der Waals surface area contributed by atoms with Gasteiger partial charge in [-0.25, -0.2) is 4.98 Å². The van der Waals surface area contributed by atoms with E-state index in [2.05, 4.69) is 49.6 Å². The van der Waals surface area contributed by atoms with Gasteiger partial charge in [-0.3, -0.25) is 0 Å². The molecule has 3 aromatic rings. The minimum Gasteiger partial charge on any atom is -0.467 e. The predicted molar refractivity (Wildman–Crippen MR) is 113 cm³/mol. The van der Waals surface area contributed by atoms with E-state index in [1.165, 1.54) is 5.69 Å². The first-order valence-electron chi connectivity index (χ1n) is 9.27. The third-order valence-electron chi connectivity index (χ3n) is 4.75. The first-order valence-corrected chi connectivity index (χ1v) is 9.64. The van der Waals surface area contributed by atoms with Crippen LogP contribution in [-0.2, 0) is 6.54 Å². The van der Waals surface area contributed by atoms with Gasteiger partial charge in [0.25, 0.3) is 0 Å². The van der Waals surface area contributed by atoms with E-state index in [4.69, 9.17) is 16.0 Å². The van der Waals surface area contributed by atoms with Crippen LogP contribution < -0.4 is 15.5 Å². The van der Waals surface area contributed by atoms with Crippen LogP contribution in [0.15, 0.2) is 53.3 Å². The van der Waals surface area contributed by atoms with Crippen LogP contribution in [0.4, 0.5) is 23.1 Å². The highest BCUT2D eigenvalue weighted by Gasteiger charge is 2.14. The Bertz CT molecular complexity index is 892. The molecule has 8 heteroatoms. The summed E-state index contributed by atoms with van der Waals surface area (Å²) in [5.74, 6) is 1.85. The minimum atomic E-state index is 0.461. The second-order valence-electron chi connectivity index (χ2n) is 6.79. The first kappa shape index (κ1) is 18.6. The topological polar surface area (TPSA) is 69.5 Å². The number of benzene rings is 1. The maximum atomic E-state index is 6.20. The second-order valence-corrected chi connectivity index (χ2v) is 7.19. The summed E-state index contributed by atoms with van der Waals surface area (Å²) in [6.45, 7) is 4.78. The van der Waals surface area contributed by atoms with Crippen molar-refractivity contribution in [1.82, 2.24) is 14.9 Å². The number of piperazine rings is 1. The fraction of sp³-hybridized carbons (Fsp3) is 0.300. The molecule has 146 valence electrons. The maximum absolute atomic E-state index is 6.20. The number of rotatable bonds is 6. The van der Waals surface area contributed by atoms with Gasteiger partial charge in [0.15, 0.2) is 5.82 Å². The zero-order valence-electron chi connectivity index (χ0n) is 15.7. The van der Waals surface area contributed by atoms with Crippen molar-refractivity contribution in [3.05, 3.63) is 59.6 Å². The summed E-state index contributed by atoms with van der Waals surface area (Å²) in [5.41, 5.74) is 2.16. The van der Waals surface area contributed by atoms with Crippen molar-refractivity contribution >= 4 is 34.7 Å². The summed E-state index contributed by atoms with van der Waals surface area (Å²) in [6.07, 6.45) is 3.22. The van der Waals surface area contributed by atoms with Crippen LogP contribution in [0.5, 0.6) is 0 Å². The standard InChI is InChI=1S/C20H23ClN6O/c1-26-8-10-27(11-9-26)16-6-4-15(5-7-16)24-20-23-14-18(21)19(25-20)22-13-17-3-2-12-28-17/h2-7,12,14H,8-11,13H2,1H3,(H2,22,23,24,25). The number of nitrogens with one attached hydrogen (secondary N) is 2. The summed E-state index contributed by atoms with van der Waals surface area (Å²) in [4.78, 5) is 13.5. The molecule has 28 heavy (non-hydrogen) atoms. The molecule has 2 aromatic heterocycles. The Morgan fingerprint density at radius 1 is 1.11 bits per heavy atom. The molecular weight excluding hydrogens is 376 g/mol. The molecule has 2 N–H and O–H groups in total. The van der Waals surface area contributed by atoms with Crippen LogP contribution in [0.1, 0.15) is 5.76 Å². The van der Waals surface area contributed by atoms with Gasteiger partial charge < -0.3 is 24.9 Å². The van der Waals surface area contributed by atoms with Crippen molar-refractivity contribution in [2.45, 2.75) is 6.54 Å². The van der Waals surface area contributed by atoms with Gasteiger partial charge in [0, 0.05) is 37.6 Å². The smallest absolute Gasteiger partial charge is 0.229 e. The Morgan fingerprint density at radius 3 is 2.61 bits per heavy atom. The molecule has 0 saturated carbocycles. The summed E-state index contributed by atoms with van der Waals surface area (Å²) < 4.78 is 5.32. The van der Waals surface area contributed by atoms with Gasteiger partial charge >= 0.3 is 0 Å². The highest BCUT2D eigenvalue weighted by molar-refractivity contribution is 6.32. The second kappa shape index (κ2) is 8.50. The molecule has 0 unspecified atom stereocenters. The number of nitrogens with zero attached hydrogens (tertiary/aromatic N) is 4. The first-order chi connectivity index (χ1) is 13.7. The molecule has 3 heterocycles. The van der Waals surface area contributed by atoms with E-state index in [0.29, 0.717) is 23.3 Å². The lowest BCUT2D eigenvalue weighted by Gasteiger charge is -2.34. The van der Waals surface area contributed by atoms with E-state index in [9.17, 15) is 0 Å². The zero-order chi connectivity index (χ0) is 19.3. The Kier molecular flexibility index (Phi) is 5.64. The number of halogens is 1. The average molecular weight is 399 g/mol. The van der Waals surface area contributed by atoms with E-state index >= 15 is 0 Å². The molecule has 1 aliphatic heterocycles. The number of furan rings is 1. The zero-order valence-corrected chi connectivity index (χ0v) is 16.5. The largest absolute Gasteiger partial charge is 0.467 e. The van der Waals surface area contributed by atoms with Gasteiger partial charge in [0.05, 0.1) is 19.0 Å². The van der Waals surface area contributed by atoms with Crippen LogP contribution in [-0.4, -0.2) is 48.1 Å². The van der Waals surface area contributed by atoms with Gasteiger partial charge in [0.1, 0.15) is 10.8 Å². The van der Waals surface area contributed by atoms with E-state index in [-0.39, 0.29) is 0 Å². The fourth-order valence-corrected chi connectivity index (χ4v) is 3.24. The number of anilines is 4. The highest BCUT2D eigenvalue weighted by atomic mass is 35.5. The van der Waals surface area contributed by atoms with E-state index in [0.717, 1.165) is 37.6 Å². The van der Waals surface area contributed by atoms with Gasteiger partial charge in [0.2, 0.25) is 5.95 Å². The van der Waals surface area contributed by atoms with Crippen LogP contribution >= 0.6 is 11.6 Å². The molecule has 0 atom stereocenters. The summed E-state index contributed by atoms with van der Waals surface area (Å²) in [6, 6.07) is 12.1. The molecule has 1 aromatic carbocycles. The van der Waals surface area contributed by atoms with E-state index < -0.39 is 0 Å². The van der Waals surface area contributed by atoms with Crippen molar-refractivity contribution in [3.8, 4) is 0 Å². The van der Waals surface area contributed by atoms with Crippen molar-refractivity contribution in [2.24, 2.45) is 0 Å². The van der Waals surface area contributed by atoms with Gasteiger partial charge in [-0.15, -0.1) is 0 Å². The minimum absolute atomic E-state index is 0.461. The molecule has 4 rings (SSSR count). The Hall–Kier alpha value is -2.77. The van der Waals surface area contributed by atoms with Crippen molar-refractivity contribution in [1.29, 1.82) is 0 Å². The Balaban J connectivity index is 1.40. The Labute approximate surface area is 169 Å². The lowest BCUT2D eigenvalue weighted by atomic mass is 10.2. The normalized spacial score (nSPS) is 14.9. The molecule has 0 aliphatic carbocycles. The molecule has 1 fully saturated rings. The van der Waals surface area contributed by atoms with E-state index in [1.54, 1.807) is 12.5 Å². The monoisotopic (exact) mass is 398 g/mol. The van der Waals surface area contributed by atoms with Crippen molar-refractivity contribution < 1.29 is 4.42 Å². The quantitative estimate of drug-likeness (QED) is 0.653. The van der Waals surface area contributed by atoms with Crippen LogP contribution in [0.25, 0.3) is 0 Å². The van der Waals surface area contributed by atoms with Gasteiger partial charge in [-0.05, 0) is 43.4 Å². The van der Waals surface area contributed by atoms with Crippen LogP contribution in [0, 0.1) is 0 Å². The van der Waals surface area contributed by atoms with Crippen molar-refractivity contribution in [3.63, 3.8) is 0 Å². The van der Waals surface area contributed by atoms with Crippen molar-refractivity contribution in [2.75, 3.05) is 48.8 Å². The predicted octanol–water partition coefficient (Wildman–Crippen LogP) is 3.83. The Morgan fingerprint density at radius 2 is 1.89 bits per heavy atom. The number of hydrogen-bond acceptors (Lipinski definition) is 7. The molecule has 0 spiro atoms. The van der Waals surface area contributed by atoms with E-state index in [1.807, 2.05) is 24.3 Å². The fourth-order valence-electron chi connectivity index (χ4n) is 3.08. The summed E-state index contributed by atoms with van der Waals surface area (Å²) in [5, 5.41) is 6.86. The highest BCUT2D eigenvalue weighted by Crippen LogP contribution is 2.24. The molecule has 7 nitrogen and oxygen atoms in total. The summed E-state index contributed by atoms with van der Waals surface area (Å²) in [7, 11) is 2.16. The molecule has 1 saturated heterocycles. The van der Waals surface area contributed by atoms with Gasteiger partial charge in [-0.1, -0.05) is 11.6 Å². The maximum Gasteiger partial charge on any atom is 0.229 e. The number of likely N-dealkylation sites (N-methyl/N-ethyl adjacent to an activating group) is 1. The molecular formula is C20H23ClN6O. The molecule has 0 amide bonds. The average Bonchev–Trinajstić information content (AvgIpc) is 3.23. The molecule has 0 bridgehead atoms. The lowest BCUT2D eigenvalue weighted by Crippen LogP contribution is -2.44. The third-order valence-corrected chi connectivity index (χ3v) is 5.02. The van der Waals surface area contributed by atoms with Gasteiger partial charge in [-0.2, -0.15) is 4.98 Å². The molecule has 1 aliphatic rings. The van der Waals surface area contributed by atoms with Crippen LogP contribution in [0.2, 0.25) is 5.02 Å². The molecule has 0 radical (unpaired) electrons. The lowest BCUT2D eigenvalue weighted by molar-refractivity contribution is 0.313. The third kappa shape index (κ3) is 4.55. The number of aromatic nitrogens is 2. The van der Waals surface area contributed by atoms with Crippen LogP contribution in [0.3, 0.4) is 0 Å². The number of hydrogen-bond donors (Lipinski definition) is 2.